The SMILES string of the molecule is NC1(c2ncc(-c3cc(Cl)ccc3F)[nH]2)CC1. The van der Waals surface area contributed by atoms with Crippen molar-refractivity contribution in [2.24, 2.45) is 5.73 Å². The molecule has 3 N–H and O–H groups in total. The zero-order valence-corrected chi connectivity index (χ0v) is 9.76. The van der Waals surface area contributed by atoms with Gasteiger partial charge in [0.15, 0.2) is 0 Å². The molecule has 0 amide bonds. The van der Waals surface area contributed by atoms with Crippen molar-refractivity contribution in [1.82, 2.24) is 9.97 Å². The lowest BCUT2D eigenvalue weighted by Crippen LogP contribution is -2.20. The molecule has 0 spiro atoms. The van der Waals surface area contributed by atoms with Crippen molar-refractivity contribution < 1.29 is 4.39 Å². The molecule has 0 bridgehead atoms. The molecule has 0 unspecified atom stereocenters. The number of hydrogen-bond acceptors (Lipinski definition) is 2. The fraction of sp³-hybridized carbons (Fsp3) is 0.250. The van der Waals surface area contributed by atoms with Gasteiger partial charge in [0.2, 0.25) is 0 Å². The van der Waals surface area contributed by atoms with Gasteiger partial charge in [-0.05, 0) is 31.0 Å². The minimum absolute atomic E-state index is 0.327. The Morgan fingerprint density at radius 2 is 2.18 bits per heavy atom. The van der Waals surface area contributed by atoms with Crippen LogP contribution in [-0.4, -0.2) is 9.97 Å². The van der Waals surface area contributed by atoms with Crippen LogP contribution in [0, 0.1) is 5.82 Å². The van der Waals surface area contributed by atoms with E-state index in [0.717, 1.165) is 12.8 Å². The topological polar surface area (TPSA) is 54.7 Å². The van der Waals surface area contributed by atoms with Gasteiger partial charge in [-0.2, -0.15) is 0 Å². The number of nitrogens with one attached hydrogen (secondary N) is 1. The first-order valence-electron chi connectivity index (χ1n) is 5.38. The van der Waals surface area contributed by atoms with Crippen LogP contribution in [-0.2, 0) is 5.54 Å². The Kier molecular flexibility index (Phi) is 2.24. The number of benzene rings is 1. The second-order valence-corrected chi connectivity index (χ2v) is 4.86. The monoisotopic (exact) mass is 251 g/mol. The van der Waals surface area contributed by atoms with E-state index >= 15 is 0 Å². The largest absolute Gasteiger partial charge is 0.340 e. The lowest BCUT2D eigenvalue weighted by atomic mass is 10.1. The van der Waals surface area contributed by atoms with Crippen LogP contribution >= 0.6 is 11.6 Å². The van der Waals surface area contributed by atoms with Crippen LogP contribution in [0.15, 0.2) is 24.4 Å². The smallest absolute Gasteiger partial charge is 0.132 e. The molecule has 1 aliphatic rings. The van der Waals surface area contributed by atoms with Crippen molar-refractivity contribution in [3.8, 4) is 11.3 Å². The molecule has 1 aromatic carbocycles. The summed E-state index contributed by atoms with van der Waals surface area (Å²) in [6.45, 7) is 0. The molecule has 17 heavy (non-hydrogen) atoms. The molecule has 88 valence electrons. The van der Waals surface area contributed by atoms with E-state index in [4.69, 9.17) is 17.3 Å². The van der Waals surface area contributed by atoms with Gasteiger partial charge in [-0.25, -0.2) is 9.37 Å². The van der Waals surface area contributed by atoms with E-state index in [9.17, 15) is 4.39 Å². The molecule has 0 saturated heterocycles. The fourth-order valence-electron chi connectivity index (χ4n) is 1.79. The average molecular weight is 252 g/mol. The predicted molar refractivity (Wildman–Crippen MR) is 64.1 cm³/mol. The molecule has 3 rings (SSSR count). The lowest BCUT2D eigenvalue weighted by molar-refractivity contribution is 0.630. The molecule has 1 heterocycles. The van der Waals surface area contributed by atoms with Crippen molar-refractivity contribution in [2.75, 3.05) is 0 Å². The maximum atomic E-state index is 13.6. The number of nitrogens with two attached hydrogens (primary N) is 1. The summed E-state index contributed by atoms with van der Waals surface area (Å²) in [7, 11) is 0. The minimum Gasteiger partial charge on any atom is -0.340 e. The van der Waals surface area contributed by atoms with Crippen molar-refractivity contribution in [2.45, 2.75) is 18.4 Å². The van der Waals surface area contributed by atoms with Gasteiger partial charge < -0.3 is 10.7 Å². The van der Waals surface area contributed by atoms with Gasteiger partial charge in [0.05, 0.1) is 17.4 Å². The summed E-state index contributed by atoms with van der Waals surface area (Å²) in [4.78, 5) is 7.27. The second kappa shape index (κ2) is 3.55. The van der Waals surface area contributed by atoms with E-state index in [-0.39, 0.29) is 11.4 Å². The highest BCUT2D eigenvalue weighted by Gasteiger charge is 2.42. The summed E-state index contributed by atoms with van der Waals surface area (Å²) in [6, 6.07) is 4.43. The number of nitrogens with zero attached hydrogens (tertiary/aromatic N) is 1. The number of aromatic amines is 1. The van der Waals surface area contributed by atoms with Gasteiger partial charge >= 0.3 is 0 Å². The number of aromatic nitrogens is 2. The molecule has 1 fully saturated rings. The number of H-pyrrole nitrogens is 1. The van der Waals surface area contributed by atoms with Gasteiger partial charge in [-0.3, -0.25) is 0 Å². The van der Waals surface area contributed by atoms with Crippen molar-refractivity contribution in [1.29, 1.82) is 0 Å². The molecule has 0 aliphatic heterocycles. The number of hydrogen-bond donors (Lipinski definition) is 2. The highest BCUT2D eigenvalue weighted by atomic mass is 35.5. The third kappa shape index (κ3) is 1.83. The van der Waals surface area contributed by atoms with Gasteiger partial charge in [0, 0.05) is 10.6 Å². The third-order valence-electron chi connectivity index (χ3n) is 3.05. The maximum absolute atomic E-state index is 13.6. The summed E-state index contributed by atoms with van der Waals surface area (Å²) < 4.78 is 13.6. The molecular weight excluding hydrogens is 241 g/mol. The molecule has 1 aromatic heterocycles. The van der Waals surface area contributed by atoms with E-state index in [1.54, 1.807) is 12.3 Å². The average Bonchev–Trinajstić information content (AvgIpc) is 2.88. The molecule has 1 aliphatic carbocycles. The first-order chi connectivity index (χ1) is 8.08. The van der Waals surface area contributed by atoms with Crippen LogP contribution in [0.5, 0.6) is 0 Å². The Bertz CT molecular complexity index is 575. The molecule has 5 heteroatoms. The Balaban J connectivity index is 2.03. The number of halogens is 2. The molecule has 1 saturated carbocycles. The van der Waals surface area contributed by atoms with Crippen molar-refractivity contribution in [3.63, 3.8) is 0 Å². The standard InChI is InChI=1S/C12H11ClFN3/c13-7-1-2-9(14)8(5-7)10-6-16-11(17-10)12(15)3-4-12/h1-2,5-6H,3-4,15H2,(H,16,17). The molecule has 2 aromatic rings. The van der Waals surface area contributed by atoms with E-state index < -0.39 is 0 Å². The Morgan fingerprint density at radius 3 is 2.88 bits per heavy atom. The summed E-state index contributed by atoms with van der Waals surface area (Å²) in [5, 5.41) is 0.492. The summed E-state index contributed by atoms with van der Waals surface area (Å²) in [5.74, 6) is 0.387. The van der Waals surface area contributed by atoms with E-state index in [2.05, 4.69) is 9.97 Å². The van der Waals surface area contributed by atoms with E-state index in [1.165, 1.54) is 12.1 Å². The summed E-state index contributed by atoms with van der Waals surface area (Å²) in [6.07, 6.45) is 3.42. The minimum atomic E-state index is -0.340. The quantitative estimate of drug-likeness (QED) is 0.862. The molecule has 0 radical (unpaired) electrons. The van der Waals surface area contributed by atoms with E-state index in [0.29, 0.717) is 22.1 Å². The van der Waals surface area contributed by atoms with Gasteiger partial charge in [0.1, 0.15) is 11.6 Å². The van der Waals surface area contributed by atoms with Crippen molar-refractivity contribution in [3.05, 3.63) is 41.1 Å². The normalized spacial score (nSPS) is 17.1. The fourth-order valence-corrected chi connectivity index (χ4v) is 1.96. The van der Waals surface area contributed by atoms with Crippen LogP contribution in [0.2, 0.25) is 5.02 Å². The zero-order chi connectivity index (χ0) is 12.0. The zero-order valence-electron chi connectivity index (χ0n) is 9.00. The molecule has 3 nitrogen and oxygen atoms in total. The maximum Gasteiger partial charge on any atom is 0.132 e. The van der Waals surface area contributed by atoms with Crippen LogP contribution in [0.1, 0.15) is 18.7 Å². The summed E-state index contributed by atoms with van der Waals surface area (Å²) in [5.41, 5.74) is 6.70. The van der Waals surface area contributed by atoms with Gasteiger partial charge in [-0.15, -0.1) is 0 Å². The first-order valence-corrected chi connectivity index (χ1v) is 5.76. The lowest BCUT2D eigenvalue weighted by Gasteiger charge is -2.04. The van der Waals surface area contributed by atoms with Crippen molar-refractivity contribution >= 4 is 11.6 Å². The Labute approximate surface area is 103 Å². The highest BCUT2D eigenvalue weighted by molar-refractivity contribution is 6.30. The Morgan fingerprint density at radius 1 is 1.41 bits per heavy atom. The second-order valence-electron chi connectivity index (χ2n) is 4.43. The Hall–Kier alpha value is -1.39. The highest BCUT2D eigenvalue weighted by Crippen LogP contribution is 2.41. The van der Waals surface area contributed by atoms with Gasteiger partial charge in [0.25, 0.3) is 0 Å². The third-order valence-corrected chi connectivity index (χ3v) is 3.29. The first kappa shape index (κ1) is 10.7. The van der Waals surface area contributed by atoms with Crippen LogP contribution in [0.25, 0.3) is 11.3 Å². The summed E-state index contributed by atoms with van der Waals surface area (Å²) >= 11 is 5.85. The number of rotatable bonds is 2. The van der Waals surface area contributed by atoms with Gasteiger partial charge in [-0.1, -0.05) is 11.6 Å². The molecular formula is C12H11ClFN3. The number of imidazole rings is 1. The van der Waals surface area contributed by atoms with Crippen LogP contribution in [0.3, 0.4) is 0 Å². The van der Waals surface area contributed by atoms with Crippen LogP contribution in [0.4, 0.5) is 4.39 Å². The molecule has 0 atom stereocenters. The predicted octanol–water partition coefficient (Wildman–Crippen LogP) is 2.82. The van der Waals surface area contributed by atoms with E-state index in [1.807, 2.05) is 0 Å². The van der Waals surface area contributed by atoms with Crippen LogP contribution < -0.4 is 5.73 Å².